The normalized spacial score (nSPS) is 17.8. The Morgan fingerprint density at radius 1 is 0.938 bits per heavy atom. The summed E-state index contributed by atoms with van der Waals surface area (Å²) in [6, 6.07) is 15.4. The van der Waals surface area contributed by atoms with Crippen molar-refractivity contribution >= 4 is 16.7 Å². The standard InChI is InChI=1S/C27H31N3O2/c31-26-24-11-4-3-10-23(24)25(28-29-26)18-21-8-5-9-22(17-21)27(32)30-14-12-20(13-15-30)16-19-6-1-2-7-19/h3-5,8-11,17,19-20H,1-2,6-7,12-16,18H2,(H,29,31). The Labute approximate surface area is 188 Å². The predicted molar refractivity (Wildman–Crippen MR) is 127 cm³/mol. The molecule has 0 spiro atoms. The van der Waals surface area contributed by atoms with Crippen LogP contribution in [0.15, 0.2) is 53.3 Å². The summed E-state index contributed by atoms with van der Waals surface area (Å²) >= 11 is 0. The first-order valence-electron chi connectivity index (χ1n) is 12.0. The molecule has 1 aromatic heterocycles. The monoisotopic (exact) mass is 429 g/mol. The molecule has 0 unspecified atom stereocenters. The van der Waals surface area contributed by atoms with Crippen molar-refractivity contribution in [2.75, 3.05) is 13.1 Å². The van der Waals surface area contributed by atoms with E-state index in [2.05, 4.69) is 10.2 Å². The van der Waals surface area contributed by atoms with Crippen molar-refractivity contribution < 1.29 is 4.79 Å². The summed E-state index contributed by atoms with van der Waals surface area (Å²) in [4.78, 5) is 27.3. The lowest BCUT2D eigenvalue weighted by Crippen LogP contribution is -2.38. The van der Waals surface area contributed by atoms with E-state index < -0.39 is 0 Å². The highest BCUT2D eigenvalue weighted by molar-refractivity contribution is 5.94. The van der Waals surface area contributed by atoms with E-state index in [9.17, 15) is 9.59 Å². The zero-order chi connectivity index (χ0) is 21.9. The maximum absolute atomic E-state index is 13.2. The van der Waals surface area contributed by atoms with Crippen LogP contribution in [0.3, 0.4) is 0 Å². The highest BCUT2D eigenvalue weighted by atomic mass is 16.2. The highest BCUT2D eigenvalue weighted by Crippen LogP contribution is 2.34. The molecule has 5 nitrogen and oxygen atoms in total. The summed E-state index contributed by atoms with van der Waals surface area (Å²) in [5.74, 6) is 1.84. The van der Waals surface area contributed by atoms with Gasteiger partial charge in [-0.15, -0.1) is 0 Å². The first kappa shape index (κ1) is 20.9. The Bertz CT molecular complexity index is 1150. The third-order valence-electron chi connectivity index (χ3n) is 7.36. The van der Waals surface area contributed by atoms with Crippen molar-refractivity contribution in [2.24, 2.45) is 11.8 Å². The fourth-order valence-electron chi connectivity index (χ4n) is 5.59. The van der Waals surface area contributed by atoms with E-state index in [4.69, 9.17) is 0 Å². The smallest absolute Gasteiger partial charge is 0.272 e. The number of benzene rings is 2. The van der Waals surface area contributed by atoms with Gasteiger partial charge in [0, 0.05) is 30.5 Å². The van der Waals surface area contributed by atoms with E-state index in [1.165, 1.54) is 32.1 Å². The van der Waals surface area contributed by atoms with Crippen LogP contribution in [0.2, 0.25) is 0 Å². The van der Waals surface area contributed by atoms with E-state index in [1.54, 1.807) is 0 Å². The van der Waals surface area contributed by atoms with Crippen LogP contribution in [0.25, 0.3) is 10.8 Å². The summed E-state index contributed by atoms with van der Waals surface area (Å²) in [5.41, 5.74) is 2.41. The van der Waals surface area contributed by atoms with Gasteiger partial charge in [-0.25, -0.2) is 5.10 Å². The zero-order valence-electron chi connectivity index (χ0n) is 18.6. The molecule has 5 rings (SSSR count). The number of H-pyrrole nitrogens is 1. The van der Waals surface area contributed by atoms with Crippen molar-refractivity contribution in [1.29, 1.82) is 0 Å². The topological polar surface area (TPSA) is 66.1 Å². The third kappa shape index (κ3) is 4.47. The average molecular weight is 430 g/mol. The predicted octanol–water partition coefficient (Wildman–Crippen LogP) is 4.95. The van der Waals surface area contributed by atoms with Crippen molar-refractivity contribution in [3.8, 4) is 0 Å². The molecule has 1 aliphatic carbocycles. The molecule has 1 saturated heterocycles. The lowest BCUT2D eigenvalue weighted by Gasteiger charge is -2.33. The summed E-state index contributed by atoms with van der Waals surface area (Å²) < 4.78 is 0. The van der Waals surface area contributed by atoms with Crippen LogP contribution >= 0.6 is 0 Å². The number of aromatic amines is 1. The number of carbonyl (C=O) groups is 1. The molecule has 3 aromatic rings. The molecule has 5 heteroatoms. The highest BCUT2D eigenvalue weighted by Gasteiger charge is 2.26. The average Bonchev–Trinajstić information content (AvgIpc) is 3.34. The van der Waals surface area contributed by atoms with Crippen LogP contribution in [-0.4, -0.2) is 34.1 Å². The van der Waals surface area contributed by atoms with E-state index >= 15 is 0 Å². The van der Waals surface area contributed by atoms with E-state index in [0.717, 1.165) is 60.0 Å². The molecule has 1 saturated carbocycles. The van der Waals surface area contributed by atoms with Crippen LogP contribution in [0.5, 0.6) is 0 Å². The minimum atomic E-state index is -0.176. The maximum atomic E-state index is 13.2. The lowest BCUT2D eigenvalue weighted by molar-refractivity contribution is 0.0679. The van der Waals surface area contributed by atoms with Crippen LogP contribution in [-0.2, 0) is 6.42 Å². The number of amides is 1. The fourth-order valence-corrected chi connectivity index (χ4v) is 5.59. The molecule has 2 aromatic carbocycles. The fraction of sp³-hybridized carbons (Fsp3) is 0.444. The zero-order valence-corrected chi connectivity index (χ0v) is 18.6. The van der Waals surface area contributed by atoms with Gasteiger partial charge in [0.1, 0.15) is 0 Å². The summed E-state index contributed by atoms with van der Waals surface area (Å²) in [6.07, 6.45) is 9.83. The third-order valence-corrected chi connectivity index (χ3v) is 7.36. The van der Waals surface area contributed by atoms with Crippen LogP contribution in [0.1, 0.15) is 66.6 Å². The molecule has 1 aliphatic heterocycles. The van der Waals surface area contributed by atoms with Crippen molar-refractivity contribution in [3.63, 3.8) is 0 Å². The molecule has 2 aliphatic rings. The Morgan fingerprint density at radius 3 is 2.44 bits per heavy atom. The number of nitrogens with one attached hydrogen (secondary N) is 1. The van der Waals surface area contributed by atoms with Gasteiger partial charge in [0.15, 0.2) is 0 Å². The van der Waals surface area contributed by atoms with Crippen molar-refractivity contribution in [3.05, 3.63) is 75.7 Å². The van der Waals surface area contributed by atoms with Gasteiger partial charge in [-0.3, -0.25) is 9.59 Å². The molecular weight excluding hydrogens is 398 g/mol. The van der Waals surface area contributed by atoms with Gasteiger partial charge in [0.25, 0.3) is 11.5 Å². The molecular formula is C27H31N3O2. The van der Waals surface area contributed by atoms with Gasteiger partial charge >= 0.3 is 0 Å². The number of aromatic nitrogens is 2. The molecule has 1 amide bonds. The van der Waals surface area contributed by atoms with Gasteiger partial charge in [-0.2, -0.15) is 5.10 Å². The van der Waals surface area contributed by atoms with Crippen molar-refractivity contribution in [1.82, 2.24) is 15.1 Å². The lowest BCUT2D eigenvalue weighted by atomic mass is 9.86. The minimum absolute atomic E-state index is 0.130. The molecule has 0 radical (unpaired) electrons. The molecule has 0 bridgehead atoms. The van der Waals surface area contributed by atoms with Gasteiger partial charge in [0.2, 0.25) is 0 Å². The number of likely N-dealkylation sites (tertiary alicyclic amines) is 1. The van der Waals surface area contributed by atoms with Crippen LogP contribution in [0.4, 0.5) is 0 Å². The molecule has 2 fully saturated rings. The quantitative estimate of drug-likeness (QED) is 0.624. The molecule has 0 atom stereocenters. The molecule has 166 valence electrons. The Morgan fingerprint density at radius 2 is 1.66 bits per heavy atom. The Hall–Kier alpha value is -2.95. The number of fused-ring (bicyclic) bond motifs is 1. The Balaban J connectivity index is 1.26. The van der Waals surface area contributed by atoms with Crippen LogP contribution in [0, 0.1) is 11.8 Å². The number of nitrogens with zero attached hydrogens (tertiary/aromatic N) is 2. The molecule has 2 heterocycles. The second kappa shape index (κ2) is 9.27. The molecule has 1 N–H and O–H groups in total. The number of hydrogen-bond donors (Lipinski definition) is 1. The van der Waals surface area contributed by atoms with E-state index in [-0.39, 0.29) is 11.5 Å². The van der Waals surface area contributed by atoms with Gasteiger partial charge < -0.3 is 4.90 Å². The molecule has 32 heavy (non-hydrogen) atoms. The second-order valence-corrected chi connectivity index (χ2v) is 9.54. The number of carbonyl (C=O) groups excluding carboxylic acids is 1. The first-order chi connectivity index (χ1) is 15.7. The second-order valence-electron chi connectivity index (χ2n) is 9.54. The minimum Gasteiger partial charge on any atom is -0.339 e. The SMILES string of the molecule is O=C(c1cccc(Cc2n[nH]c(=O)c3ccccc23)c1)N1CCC(CC2CCCC2)CC1. The van der Waals surface area contributed by atoms with Crippen LogP contribution < -0.4 is 5.56 Å². The number of hydrogen-bond acceptors (Lipinski definition) is 3. The largest absolute Gasteiger partial charge is 0.339 e. The number of piperidine rings is 1. The summed E-state index contributed by atoms with van der Waals surface area (Å²) in [6.45, 7) is 1.74. The van der Waals surface area contributed by atoms with E-state index in [0.29, 0.717) is 11.8 Å². The van der Waals surface area contributed by atoms with Gasteiger partial charge in [-0.05, 0) is 54.9 Å². The van der Waals surface area contributed by atoms with Crippen molar-refractivity contribution in [2.45, 2.75) is 51.4 Å². The van der Waals surface area contributed by atoms with E-state index in [1.807, 2.05) is 53.4 Å². The Kier molecular flexibility index (Phi) is 6.06. The van der Waals surface area contributed by atoms with Gasteiger partial charge in [0.05, 0.1) is 11.1 Å². The first-order valence-corrected chi connectivity index (χ1v) is 12.0. The maximum Gasteiger partial charge on any atom is 0.272 e. The van der Waals surface area contributed by atoms with Gasteiger partial charge in [-0.1, -0.05) is 56.0 Å². The summed E-state index contributed by atoms with van der Waals surface area (Å²) in [5, 5.41) is 8.39. The summed E-state index contributed by atoms with van der Waals surface area (Å²) in [7, 11) is 0. The number of rotatable bonds is 5.